The summed E-state index contributed by atoms with van der Waals surface area (Å²) in [7, 11) is 0. The van der Waals surface area contributed by atoms with Gasteiger partial charge in [-0.25, -0.2) is 5.06 Å². The maximum absolute atomic E-state index is 13.6. The quantitative estimate of drug-likeness (QED) is 0.686. The summed E-state index contributed by atoms with van der Waals surface area (Å²) in [4.78, 5) is 0. The molecule has 0 aromatic heterocycles. The van der Waals surface area contributed by atoms with Crippen LogP contribution >= 0.6 is 0 Å². The van der Waals surface area contributed by atoms with Crippen molar-refractivity contribution in [2.45, 2.75) is 5.54 Å². The molecule has 1 radical (unpaired) electrons. The molecule has 0 aliphatic carbocycles. The summed E-state index contributed by atoms with van der Waals surface area (Å²) >= 11 is 0. The minimum absolute atomic E-state index is 0.509. The second-order valence-electron chi connectivity index (χ2n) is 5.98. The Morgan fingerprint density at radius 2 is 1.28 bits per heavy atom. The van der Waals surface area contributed by atoms with Gasteiger partial charge in [-0.15, -0.1) is 0 Å². The summed E-state index contributed by atoms with van der Waals surface area (Å²) < 4.78 is 0. The zero-order valence-corrected chi connectivity index (χ0v) is 13.5. The van der Waals surface area contributed by atoms with Crippen LogP contribution < -0.4 is 5.06 Å². The predicted molar refractivity (Wildman–Crippen MR) is 96.9 cm³/mol. The van der Waals surface area contributed by atoms with Crippen LogP contribution in [-0.2, 0) is 10.7 Å². The lowest BCUT2D eigenvalue weighted by Gasteiger charge is -2.41. The molecule has 3 aromatic rings. The van der Waals surface area contributed by atoms with Crippen molar-refractivity contribution in [3.8, 4) is 6.07 Å². The molecule has 25 heavy (non-hydrogen) atoms. The van der Waals surface area contributed by atoms with Crippen molar-refractivity contribution < 1.29 is 5.21 Å². The zero-order valence-electron chi connectivity index (χ0n) is 13.5. The minimum Gasteiger partial charge on any atom is -0.201 e. The van der Waals surface area contributed by atoms with Crippen LogP contribution in [0.25, 0.3) is 5.57 Å². The van der Waals surface area contributed by atoms with Gasteiger partial charge in [0.1, 0.15) is 5.54 Å². The van der Waals surface area contributed by atoms with Crippen molar-refractivity contribution in [1.29, 1.82) is 5.26 Å². The van der Waals surface area contributed by atoms with E-state index in [0.29, 0.717) is 16.8 Å². The molecule has 0 saturated carbocycles. The Morgan fingerprint density at radius 3 is 1.84 bits per heavy atom. The molecule has 119 valence electrons. The Balaban J connectivity index is 2.08. The summed E-state index contributed by atoms with van der Waals surface area (Å²) in [5, 5.41) is 24.3. The molecule has 0 bridgehead atoms. The largest absolute Gasteiger partial charge is 0.201 e. The number of nitriles is 1. The van der Waals surface area contributed by atoms with Gasteiger partial charge in [0.25, 0.3) is 0 Å². The molecular weight excluding hydrogens is 308 g/mol. The Hall–Kier alpha value is -3.35. The molecular formula is C22H15N2O. The van der Waals surface area contributed by atoms with Crippen LogP contribution in [0.1, 0.15) is 16.7 Å². The van der Waals surface area contributed by atoms with E-state index in [1.807, 2.05) is 78.9 Å². The molecule has 0 spiro atoms. The average Bonchev–Trinajstić information content (AvgIpc) is 2.70. The molecule has 1 aliphatic heterocycles. The van der Waals surface area contributed by atoms with Crippen molar-refractivity contribution in [2.24, 2.45) is 0 Å². The highest BCUT2D eigenvalue weighted by Crippen LogP contribution is 2.46. The number of fused-ring (bicyclic) bond motifs is 1. The predicted octanol–water partition coefficient (Wildman–Crippen LogP) is 4.70. The van der Waals surface area contributed by atoms with Crippen LogP contribution in [0.3, 0.4) is 0 Å². The molecule has 4 rings (SSSR count). The Kier molecular flexibility index (Phi) is 3.61. The molecule has 0 N–H and O–H groups in total. The Labute approximate surface area is 146 Å². The van der Waals surface area contributed by atoms with Gasteiger partial charge in [0.05, 0.1) is 17.3 Å². The van der Waals surface area contributed by atoms with Crippen LogP contribution in [0.5, 0.6) is 0 Å². The van der Waals surface area contributed by atoms with Gasteiger partial charge in [-0.05, 0) is 23.3 Å². The van der Waals surface area contributed by atoms with Gasteiger partial charge in [0.2, 0.25) is 0 Å². The highest BCUT2D eigenvalue weighted by atomic mass is 16.5. The molecule has 0 amide bonds. The number of para-hydroxylation sites is 1. The first-order valence-electron chi connectivity index (χ1n) is 8.08. The van der Waals surface area contributed by atoms with E-state index in [2.05, 4.69) is 6.07 Å². The number of nitrogens with zero attached hydrogens (tertiary/aromatic N) is 2. The summed E-state index contributed by atoms with van der Waals surface area (Å²) in [6.45, 7) is 0. The summed E-state index contributed by atoms with van der Waals surface area (Å²) in [6.07, 6.45) is 1.78. The van der Waals surface area contributed by atoms with E-state index in [1.54, 1.807) is 12.1 Å². The smallest absolute Gasteiger partial charge is 0.140 e. The summed E-state index contributed by atoms with van der Waals surface area (Å²) in [6, 6.07) is 28.7. The molecule has 0 unspecified atom stereocenters. The Bertz CT molecular complexity index is 932. The molecule has 1 heterocycles. The third kappa shape index (κ3) is 2.24. The van der Waals surface area contributed by atoms with Crippen LogP contribution in [0.15, 0.2) is 91.0 Å². The topological polar surface area (TPSA) is 46.9 Å². The average molecular weight is 323 g/mol. The number of hydroxylamine groups is 1. The van der Waals surface area contributed by atoms with E-state index >= 15 is 0 Å². The van der Waals surface area contributed by atoms with Crippen molar-refractivity contribution in [3.63, 3.8) is 0 Å². The van der Waals surface area contributed by atoms with Crippen molar-refractivity contribution in [1.82, 2.24) is 0 Å². The van der Waals surface area contributed by atoms with E-state index in [1.165, 1.54) is 0 Å². The minimum atomic E-state index is -1.07. The lowest BCUT2D eigenvalue weighted by Crippen LogP contribution is -2.45. The first-order valence-corrected chi connectivity index (χ1v) is 8.08. The summed E-state index contributed by atoms with van der Waals surface area (Å²) in [5.74, 6) is 0. The molecule has 1 aliphatic rings. The van der Waals surface area contributed by atoms with Crippen molar-refractivity contribution >= 4 is 11.3 Å². The van der Waals surface area contributed by atoms with E-state index in [4.69, 9.17) is 0 Å². The molecule has 3 nitrogen and oxygen atoms in total. The van der Waals surface area contributed by atoms with Crippen LogP contribution in [0, 0.1) is 11.3 Å². The molecule has 3 heteroatoms. The van der Waals surface area contributed by atoms with Gasteiger partial charge in [0.15, 0.2) is 0 Å². The number of hydrogen-bond donors (Lipinski definition) is 0. The SMILES string of the molecule is N#CC1=CC(c2ccccc2)(c2ccccc2)N([O])c2ccccc21. The van der Waals surface area contributed by atoms with Crippen molar-refractivity contribution in [3.05, 3.63) is 108 Å². The molecule has 0 atom stereocenters. The third-order valence-electron chi connectivity index (χ3n) is 4.63. The second-order valence-corrected chi connectivity index (χ2v) is 5.98. The van der Waals surface area contributed by atoms with Gasteiger partial charge in [-0.2, -0.15) is 5.26 Å². The second kappa shape index (κ2) is 5.94. The first kappa shape index (κ1) is 15.2. The highest BCUT2D eigenvalue weighted by molar-refractivity contribution is 5.89. The van der Waals surface area contributed by atoms with Crippen LogP contribution in [0.2, 0.25) is 0 Å². The highest BCUT2D eigenvalue weighted by Gasteiger charge is 2.44. The first-order chi connectivity index (χ1) is 12.3. The number of benzene rings is 3. The number of rotatable bonds is 2. The van der Waals surface area contributed by atoms with Gasteiger partial charge < -0.3 is 0 Å². The van der Waals surface area contributed by atoms with Gasteiger partial charge in [-0.3, -0.25) is 0 Å². The van der Waals surface area contributed by atoms with E-state index in [-0.39, 0.29) is 0 Å². The number of anilines is 1. The van der Waals surface area contributed by atoms with Crippen LogP contribution in [-0.4, -0.2) is 0 Å². The number of allylic oxidation sites excluding steroid dienone is 1. The van der Waals surface area contributed by atoms with Crippen LogP contribution in [0.4, 0.5) is 5.69 Å². The number of hydrogen-bond acceptors (Lipinski definition) is 2. The monoisotopic (exact) mass is 323 g/mol. The standard InChI is InChI=1S/C22H15N2O/c23-16-17-15-22(18-9-3-1-4-10-18,19-11-5-2-6-12-19)24(25)21-14-8-7-13-20(17)21/h1-15H. The van der Waals surface area contributed by atoms with E-state index in [0.717, 1.165) is 16.2 Å². The van der Waals surface area contributed by atoms with Crippen molar-refractivity contribution in [2.75, 3.05) is 5.06 Å². The van der Waals surface area contributed by atoms with Gasteiger partial charge in [0, 0.05) is 5.56 Å². The molecule has 0 fully saturated rings. The maximum atomic E-state index is 13.6. The third-order valence-corrected chi connectivity index (χ3v) is 4.63. The Morgan fingerprint density at radius 1 is 0.760 bits per heavy atom. The lowest BCUT2D eigenvalue weighted by molar-refractivity contribution is 0.112. The van der Waals surface area contributed by atoms with E-state index in [9.17, 15) is 10.5 Å². The normalized spacial score (nSPS) is 15.0. The fourth-order valence-corrected chi connectivity index (χ4v) is 3.46. The van der Waals surface area contributed by atoms with Gasteiger partial charge >= 0.3 is 0 Å². The zero-order chi connectivity index (χ0) is 17.3. The lowest BCUT2D eigenvalue weighted by atomic mass is 9.77. The fourth-order valence-electron chi connectivity index (χ4n) is 3.46. The van der Waals surface area contributed by atoms with Gasteiger partial charge in [-0.1, -0.05) is 84.1 Å². The maximum Gasteiger partial charge on any atom is 0.140 e. The van der Waals surface area contributed by atoms with E-state index < -0.39 is 5.54 Å². The molecule has 3 aromatic carbocycles. The fraction of sp³-hybridized carbons (Fsp3) is 0.0455. The summed E-state index contributed by atoms with van der Waals surface area (Å²) in [5.41, 5.74) is 2.28. The molecule has 0 saturated heterocycles.